The summed E-state index contributed by atoms with van der Waals surface area (Å²) < 4.78 is 0. The number of benzene rings is 1. The summed E-state index contributed by atoms with van der Waals surface area (Å²) in [5.41, 5.74) is 2.10. The SMILES string of the molecule is CCSCCN1CCc2ccccc2C1=O. The van der Waals surface area contributed by atoms with Crippen LogP contribution in [0.25, 0.3) is 0 Å². The Morgan fingerprint density at radius 1 is 1.38 bits per heavy atom. The lowest BCUT2D eigenvalue weighted by atomic mass is 9.99. The Labute approximate surface area is 101 Å². The van der Waals surface area contributed by atoms with E-state index in [1.165, 1.54) is 5.56 Å². The molecule has 0 radical (unpaired) electrons. The number of thioether (sulfide) groups is 1. The van der Waals surface area contributed by atoms with Crippen molar-refractivity contribution in [2.75, 3.05) is 24.6 Å². The number of fused-ring (bicyclic) bond motifs is 1. The molecule has 0 unspecified atom stereocenters. The quantitative estimate of drug-likeness (QED) is 0.747. The third-order valence-electron chi connectivity index (χ3n) is 2.90. The molecule has 1 amide bonds. The maximum atomic E-state index is 12.1. The zero-order chi connectivity index (χ0) is 11.4. The molecule has 0 spiro atoms. The van der Waals surface area contributed by atoms with E-state index in [2.05, 4.69) is 13.0 Å². The number of hydrogen-bond acceptors (Lipinski definition) is 2. The molecule has 0 atom stereocenters. The minimum Gasteiger partial charge on any atom is -0.337 e. The van der Waals surface area contributed by atoms with Crippen LogP contribution in [0.3, 0.4) is 0 Å². The van der Waals surface area contributed by atoms with Crippen molar-refractivity contribution >= 4 is 17.7 Å². The van der Waals surface area contributed by atoms with Crippen LogP contribution in [0, 0.1) is 0 Å². The van der Waals surface area contributed by atoms with Crippen molar-refractivity contribution in [2.45, 2.75) is 13.3 Å². The molecule has 0 saturated carbocycles. The molecule has 0 aromatic heterocycles. The van der Waals surface area contributed by atoms with Crippen molar-refractivity contribution < 1.29 is 4.79 Å². The molecule has 0 saturated heterocycles. The van der Waals surface area contributed by atoms with Gasteiger partial charge in [-0.25, -0.2) is 0 Å². The average molecular weight is 235 g/mol. The summed E-state index contributed by atoms with van der Waals surface area (Å²) in [6.45, 7) is 3.91. The predicted octanol–water partition coefficient (Wildman–Crippen LogP) is 2.44. The van der Waals surface area contributed by atoms with E-state index in [1.807, 2.05) is 34.9 Å². The fourth-order valence-corrected chi connectivity index (χ4v) is 2.64. The molecule has 0 N–H and O–H groups in total. The van der Waals surface area contributed by atoms with Gasteiger partial charge in [-0.3, -0.25) is 4.79 Å². The molecule has 86 valence electrons. The summed E-state index contributed by atoms with van der Waals surface area (Å²) in [5.74, 6) is 2.38. The number of carbonyl (C=O) groups is 1. The fraction of sp³-hybridized carbons (Fsp3) is 0.462. The number of rotatable bonds is 4. The Kier molecular flexibility index (Phi) is 3.88. The highest BCUT2D eigenvalue weighted by Gasteiger charge is 2.22. The molecule has 3 heteroatoms. The van der Waals surface area contributed by atoms with Crippen LogP contribution in [-0.2, 0) is 6.42 Å². The van der Waals surface area contributed by atoms with Crippen molar-refractivity contribution in [3.05, 3.63) is 35.4 Å². The van der Waals surface area contributed by atoms with E-state index in [9.17, 15) is 4.79 Å². The molecule has 1 aliphatic rings. The lowest BCUT2D eigenvalue weighted by Crippen LogP contribution is -2.38. The molecule has 0 aliphatic carbocycles. The zero-order valence-corrected chi connectivity index (χ0v) is 10.4. The molecule has 2 rings (SSSR count). The third-order valence-corrected chi connectivity index (χ3v) is 3.78. The van der Waals surface area contributed by atoms with E-state index in [1.54, 1.807) is 0 Å². The van der Waals surface area contributed by atoms with Crippen LogP contribution in [0.5, 0.6) is 0 Å². The van der Waals surface area contributed by atoms with E-state index < -0.39 is 0 Å². The highest BCUT2D eigenvalue weighted by Crippen LogP contribution is 2.18. The van der Waals surface area contributed by atoms with Gasteiger partial charge in [-0.15, -0.1) is 0 Å². The number of hydrogen-bond donors (Lipinski definition) is 0. The molecule has 1 aromatic rings. The predicted molar refractivity (Wildman–Crippen MR) is 69.0 cm³/mol. The molecular weight excluding hydrogens is 218 g/mol. The topological polar surface area (TPSA) is 20.3 Å². The first-order valence-electron chi connectivity index (χ1n) is 5.78. The summed E-state index contributed by atoms with van der Waals surface area (Å²) in [7, 11) is 0. The summed E-state index contributed by atoms with van der Waals surface area (Å²) in [6.07, 6.45) is 0.999. The second kappa shape index (κ2) is 5.39. The standard InChI is InChI=1S/C13H17NOS/c1-2-16-10-9-14-8-7-11-5-3-4-6-12(11)13(14)15/h3-6H,2,7-10H2,1H3. The van der Waals surface area contributed by atoms with Gasteiger partial charge in [0.2, 0.25) is 0 Å². The Morgan fingerprint density at radius 2 is 2.19 bits per heavy atom. The second-order valence-electron chi connectivity index (χ2n) is 3.90. The molecule has 16 heavy (non-hydrogen) atoms. The van der Waals surface area contributed by atoms with Crippen LogP contribution in [0.2, 0.25) is 0 Å². The van der Waals surface area contributed by atoms with E-state index in [4.69, 9.17) is 0 Å². The fourth-order valence-electron chi connectivity index (χ4n) is 2.01. The van der Waals surface area contributed by atoms with Gasteiger partial charge in [0.25, 0.3) is 5.91 Å². The Hall–Kier alpha value is -0.960. The normalized spacial score (nSPS) is 15.1. The van der Waals surface area contributed by atoms with Crippen molar-refractivity contribution in [1.82, 2.24) is 4.90 Å². The number of amides is 1. The molecule has 1 aromatic carbocycles. The molecule has 0 fully saturated rings. The van der Waals surface area contributed by atoms with Crippen LogP contribution in [0.4, 0.5) is 0 Å². The van der Waals surface area contributed by atoms with Gasteiger partial charge < -0.3 is 4.90 Å². The van der Waals surface area contributed by atoms with Crippen LogP contribution in [0.15, 0.2) is 24.3 Å². The summed E-state index contributed by atoms with van der Waals surface area (Å²) in [6, 6.07) is 7.96. The first kappa shape index (κ1) is 11.5. The van der Waals surface area contributed by atoms with Crippen LogP contribution in [0.1, 0.15) is 22.8 Å². The van der Waals surface area contributed by atoms with Gasteiger partial charge in [0.1, 0.15) is 0 Å². The van der Waals surface area contributed by atoms with Gasteiger partial charge in [-0.2, -0.15) is 11.8 Å². The Bertz CT molecular complexity index is 378. The van der Waals surface area contributed by atoms with Crippen molar-refractivity contribution in [2.24, 2.45) is 0 Å². The van der Waals surface area contributed by atoms with E-state index in [0.717, 1.165) is 36.6 Å². The molecule has 1 heterocycles. The minimum atomic E-state index is 0.207. The van der Waals surface area contributed by atoms with Crippen LogP contribution < -0.4 is 0 Å². The van der Waals surface area contributed by atoms with Gasteiger partial charge in [0, 0.05) is 24.4 Å². The summed E-state index contributed by atoms with van der Waals surface area (Å²) in [4.78, 5) is 14.1. The van der Waals surface area contributed by atoms with Crippen molar-refractivity contribution in [3.8, 4) is 0 Å². The first-order valence-corrected chi connectivity index (χ1v) is 6.93. The van der Waals surface area contributed by atoms with E-state index in [-0.39, 0.29) is 5.91 Å². The second-order valence-corrected chi connectivity index (χ2v) is 5.29. The van der Waals surface area contributed by atoms with Crippen LogP contribution in [-0.4, -0.2) is 35.4 Å². The van der Waals surface area contributed by atoms with Gasteiger partial charge in [0.05, 0.1) is 0 Å². The monoisotopic (exact) mass is 235 g/mol. The molecule has 1 aliphatic heterocycles. The van der Waals surface area contributed by atoms with Gasteiger partial charge in [0.15, 0.2) is 0 Å². The Morgan fingerprint density at radius 3 is 3.00 bits per heavy atom. The minimum absolute atomic E-state index is 0.207. The van der Waals surface area contributed by atoms with Crippen molar-refractivity contribution in [1.29, 1.82) is 0 Å². The lowest BCUT2D eigenvalue weighted by molar-refractivity contribution is 0.0751. The molecular formula is C13H17NOS. The lowest BCUT2D eigenvalue weighted by Gasteiger charge is -2.28. The van der Waals surface area contributed by atoms with E-state index >= 15 is 0 Å². The van der Waals surface area contributed by atoms with Gasteiger partial charge in [-0.05, 0) is 23.8 Å². The summed E-state index contributed by atoms with van der Waals surface area (Å²) >= 11 is 1.89. The van der Waals surface area contributed by atoms with Gasteiger partial charge in [-0.1, -0.05) is 25.1 Å². The molecule has 0 bridgehead atoms. The van der Waals surface area contributed by atoms with Crippen molar-refractivity contribution in [3.63, 3.8) is 0 Å². The largest absolute Gasteiger partial charge is 0.337 e. The van der Waals surface area contributed by atoms with E-state index in [0.29, 0.717) is 0 Å². The number of carbonyl (C=O) groups excluding carboxylic acids is 1. The smallest absolute Gasteiger partial charge is 0.254 e. The summed E-state index contributed by atoms with van der Waals surface area (Å²) in [5, 5.41) is 0. The zero-order valence-electron chi connectivity index (χ0n) is 9.61. The average Bonchev–Trinajstić information content (AvgIpc) is 2.33. The maximum absolute atomic E-state index is 12.1. The third kappa shape index (κ3) is 2.40. The highest BCUT2D eigenvalue weighted by molar-refractivity contribution is 7.99. The molecule has 2 nitrogen and oxygen atoms in total. The van der Waals surface area contributed by atoms with Crippen LogP contribution >= 0.6 is 11.8 Å². The van der Waals surface area contributed by atoms with Gasteiger partial charge >= 0.3 is 0 Å². The first-order chi connectivity index (χ1) is 7.83. The maximum Gasteiger partial charge on any atom is 0.254 e. The highest BCUT2D eigenvalue weighted by atomic mass is 32.2. The Balaban J connectivity index is 2.03. The number of nitrogens with zero attached hydrogens (tertiary/aromatic N) is 1.